The van der Waals surface area contributed by atoms with Crippen molar-refractivity contribution in [2.75, 3.05) is 13.1 Å². The minimum absolute atomic E-state index is 0.0183. The Morgan fingerprint density at radius 3 is 2.32 bits per heavy atom. The summed E-state index contributed by atoms with van der Waals surface area (Å²) < 4.78 is 0. The summed E-state index contributed by atoms with van der Waals surface area (Å²) in [5, 5.41) is 11.6. The molecular weight excluding hydrogens is 244 g/mol. The fraction of sp³-hybridized carbons (Fsp3) is 0.857. The van der Waals surface area contributed by atoms with Gasteiger partial charge in [0.05, 0.1) is 12.5 Å². The molecule has 5 heteroatoms. The van der Waals surface area contributed by atoms with Gasteiger partial charge in [0.25, 0.3) is 0 Å². The van der Waals surface area contributed by atoms with Gasteiger partial charge in [-0.15, -0.1) is 0 Å². The first-order valence-electron chi connectivity index (χ1n) is 7.15. The highest BCUT2D eigenvalue weighted by Gasteiger charge is 2.23. The number of carbonyl (C=O) groups excluding carboxylic acids is 1. The van der Waals surface area contributed by atoms with Gasteiger partial charge in [0.15, 0.2) is 0 Å². The van der Waals surface area contributed by atoms with Crippen molar-refractivity contribution in [1.82, 2.24) is 10.2 Å². The lowest BCUT2D eigenvalue weighted by molar-refractivity contribution is -0.138. The molecule has 0 bridgehead atoms. The molecule has 19 heavy (non-hydrogen) atoms. The maximum Gasteiger partial charge on any atom is 0.304 e. The lowest BCUT2D eigenvalue weighted by Crippen LogP contribution is -2.49. The van der Waals surface area contributed by atoms with E-state index in [0.29, 0.717) is 13.1 Å². The molecule has 0 aromatic heterocycles. The van der Waals surface area contributed by atoms with Crippen LogP contribution in [0.25, 0.3) is 0 Å². The van der Waals surface area contributed by atoms with Gasteiger partial charge in [-0.2, -0.15) is 0 Å². The van der Waals surface area contributed by atoms with Gasteiger partial charge in [0.1, 0.15) is 0 Å². The Labute approximate surface area is 116 Å². The molecule has 0 aliphatic rings. The number of carbonyl (C=O) groups is 2. The number of unbranched alkanes of at least 4 members (excludes halogenated alkanes) is 2. The zero-order valence-electron chi connectivity index (χ0n) is 12.6. The van der Waals surface area contributed by atoms with Gasteiger partial charge in [0, 0.05) is 19.1 Å². The number of rotatable bonds is 10. The quantitative estimate of drug-likeness (QED) is 0.596. The van der Waals surface area contributed by atoms with E-state index < -0.39 is 5.97 Å². The first-order valence-corrected chi connectivity index (χ1v) is 7.15. The van der Waals surface area contributed by atoms with E-state index in [4.69, 9.17) is 5.11 Å². The van der Waals surface area contributed by atoms with Gasteiger partial charge in [-0.1, -0.05) is 19.8 Å². The third-order valence-electron chi connectivity index (χ3n) is 3.20. The summed E-state index contributed by atoms with van der Waals surface area (Å²) in [6.45, 7) is 9.00. The number of aliphatic carboxylic acids is 1. The average Bonchev–Trinajstić information content (AvgIpc) is 2.33. The molecule has 0 rings (SSSR count). The monoisotopic (exact) mass is 272 g/mol. The van der Waals surface area contributed by atoms with Crippen molar-refractivity contribution in [3.05, 3.63) is 0 Å². The molecule has 0 saturated heterocycles. The largest absolute Gasteiger partial charge is 0.481 e. The Hall–Kier alpha value is -1.10. The Balaban J connectivity index is 4.24. The smallest absolute Gasteiger partial charge is 0.304 e. The van der Waals surface area contributed by atoms with Gasteiger partial charge < -0.3 is 10.4 Å². The maximum absolute atomic E-state index is 12.0. The molecule has 1 unspecified atom stereocenters. The lowest BCUT2D eigenvalue weighted by Gasteiger charge is -2.31. The average molecular weight is 272 g/mol. The van der Waals surface area contributed by atoms with Gasteiger partial charge in [-0.25, -0.2) is 0 Å². The Bertz CT molecular complexity index is 280. The second-order valence-electron chi connectivity index (χ2n) is 5.15. The number of nitrogens with zero attached hydrogens (tertiary/aromatic N) is 1. The summed E-state index contributed by atoms with van der Waals surface area (Å²) >= 11 is 0. The number of carboxylic acids is 1. The van der Waals surface area contributed by atoms with Crippen LogP contribution in [0.15, 0.2) is 0 Å². The van der Waals surface area contributed by atoms with Crippen LogP contribution in [0.4, 0.5) is 0 Å². The fourth-order valence-electron chi connectivity index (χ4n) is 2.01. The van der Waals surface area contributed by atoms with Crippen molar-refractivity contribution in [1.29, 1.82) is 0 Å². The van der Waals surface area contributed by atoms with E-state index in [-0.39, 0.29) is 24.4 Å². The van der Waals surface area contributed by atoms with Crippen molar-refractivity contribution in [2.24, 2.45) is 0 Å². The van der Waals surface area contributed by atoms with Crippen molar-refractivity contribution in [3.8, 4) is 0 Å². The highest BCUT2D eigenvalue weighted by Crippen LogP contribution is 2.07. The van der Waals surface area contributed by atoms with Crippen molar-refractivity contribution >= 4 is 11.9 Å². The minimum Gasteiger partial charge on any atom is -0.481 e. The normalized spacial score (nSPS) is 12.7. The third kappa shape index (κ3) is 7.82. The van der Waals surface area contributed by atoms with Gasteiger partial charge in [-0.3, -0.25) is 14.5 Å². The van der Waals surface area contributed by atoms with E-state index in [1.54, 1.807) is 0 Å². The van der Waals surface area contributed by atoms with Crippen LogP contribution in [0.2, 0.25) is 0 Å². The standard InChI is InChI=1S/C14H28N2O3/c1-5-6-7-9-15-14(19)12(4)16(11(2)3)10-8-13(17)18/h11-12H,5-10H2,1-4H3,(H,15,19)(H,17,18). The van der Waals surface area contributed by atoms with Crippen LogP contribution in [0.1, 0.15) is 53.4 Å². The van der Waals surface area contributed by atoms with Crippen LogP contribution in [-0.4, -0.2) is 47.1 Å². The van der Waals surface area contributed by atoms with Crippen LogP contribution in [0, 0.1) is 0 Å². The Kier molecular flexibility index (Phi) is 9.21. The van der Waals surface area contributed by atoms with E-state index in [2.05, 4.69) is 12.2 Å². The van der Waals surface area contributed by atoms with E-state index in [1.807, 2.05) is 25.7 Å². The van der Waals surface area contributed by atoms with Crippen LogP contribution in [0.5, 0.6) is 0 Å². The number of hydrogen-bond acceptors (Lipinski definition) is 3. The zero-order chi connectivity index (χ0) is 14.8. The summed E-state index contributed by atoms with van der Waals surface area (Å²) in [5.74, 6) is -0.851. The maximum atomic E-state index is 12.0. The molecule has 112 valence electrons. The summed E-state index contributed by atoms with van der Waals surface area (Å²) in [7, 11) is 0. The third-order valence-corrected chi connectivity index (χ3v) is 3.20. The lowest BCUT2D eigenvalue weighted by atomic mass is 10.2. The van der Waals surface area contributed by atoms with Crippen LogP contribution < -0.4 is 5.32 Å². The van der Waals surface area contributed by atoms with Crippen molar-refractivity contribution in [3.63, 3.8) is 0 Å². The topological polar surface area (TPSA) is 69.6 Å². The molecule has 1 amide bonds. The first-order chi connectivity index (χ1) is 8.90. The summed E-state index contributed by atoms with van der Waals surface area (Å²) in [4.78, 5) is 24.6. The molecular formula is C14H28N2O3. The fourth-order valence-corrected chi connectivity index (χ4v) is 2.01. The predicted molar refractivity (Wildman–Crippen MR) is 76.1 cm³/mol. The van der Waals surface area contributed by atoms with Crippen LogP contribution in [0.3, 0.4) is 0 Å². The molecule has 0 aliphatic carbocycles. The molecule has 2 N–H and O–H groups in total. The molecule has 0 aromatic carbocycles. The molecule has 5 nitrogen and oxygen atoms in total. The van der Waals surface area contributed by atoms with E-state index >= 15 is 0 Å². The van der Waals surface area contributed by atoms with Gasteiger partial charge >= 0.3 is 5.97 Å². The SMILES string of the molecule is CCCCCNC(=O)C(C)N(CCC(=O)O)C(C)C. The molecule has 0 saturated carbocycles. The van der Waals surface area contributed by atoms with Crippen LogP contribution in [-0.2, 0) is 9.59 Å². The van der Waals surface area contributed by atoms with E-state index in [1.165, 1.54) is 0 Å². The summed E-state index contributed by atoms with van der Waals surface area (Å²) in [6.07, 6.45) is 3.29. The summed E-state index contributed by atoms with van der Waals surface area (Å²) in [5.41, 5.74) is 0. The second-order valence-corrected chi connectivity index (χ2v) is 5.15. The first kappa shape index (κ1) is 17.9. The second kappa shape index (κ2) is 9.78. The predicted octanol–water partition coefficient (Wildman–Crippen LogP) is 1.87. The molecule has 0 heterocycles. The number of hydrogen-bond donors (Lipinski definition) is 2. The molecule has 0 spiro atoms. The molecule has 0 fully saturated rings. The van der Waals surface area contributed by atoms with E-state index in [9.17, 15) is 9.59 Å². The number of nitrogens with one attached hydrogen (secondary N) is 1. The molecule has 0 radical (unpaired) electrons. The van der Waals surface area contributed by atoms with E-state index in [0.717, 1.165) is 19.3 Å². The van der Waals surface area contributed by atoms with Crippen molar-refractivity contribution < 1.29 is 14.7 Å². The molecule has 0 aromatic rings. The minimum atomic E-state index is -0.832. The summed E-state index contributed by atoms with van der Waals surface area (Å²) in [6, 6.07) is -0.142. The highest BCUT2D eigenvalue weighted by molar-refractivity contribution is 5.81. The van der Waals surface area contributed by atoms with Crippen LogP contribution >= 0.6 is 0 Å². The van der Waals surface area contributed by atoms with Gasteiger partial charge in [0.2, 0.25) is 5.91 Å². The highest BCUT2D eigenvalue weighted by atomic mass is 16.4. The number of carboxylic acid groups (broad SMARTS) is 1. The Morgan fingerprint density at radius 1 is 1.21 bits per heavy atom. The van der Waals surface area contributed by atoms with Gasteiger partial charge in [-0.05, 0) is 27.2 Å². The molecule has 1 atom stereocenters. The Morgan fingerprint density at radius 2 is 1.84 bits per heavy atom. The zero-order valence-corrected chi connectivity index (χ0v) is 12.6. The van der Waals surface area contributed by atoms with Crippen molar-refractivity contribution in [2.45, 2.75) is 65.5 Å². The molecule has 0 aliphatic heterocycles. The number of amides is 1.